The monoisotopic (exact) mass is 364 g/mol. The van der Waals surface area contributed by atoms with E-state index < -0.39 is 0 Å². The van der Waals surface area contributed by atoms with Crippen molar-refractivity contribution >= 4 is 15.9 Å². The van der Waals surface area contributed by atoms with E-state index in [1.165, 1.54) is 33.4 Å². The molecule has 0 aromatic heterocycles. The molecule has 0 N–H and O–H groups in total. The standard InChI is InChI=1S/C22H21Br/c1-3-6-18-9-10-19(17-11-13-20(23)14-12-17)15-22(18)21-8-5-4-7-16(21)2/h4-5,7-15H,3,6H2,1-2H3. The topological polar surface area (TPSA) is 0 Å². The van der Waals surface area contributed by atoms with Gasteiger partial charge >= 0.3 is 0 Å². The molecular weight excluding hydrogens is 344 g/mol. The lowest BCUT2D eigenvalue weighted by molar-refractivity contribution is 0.923. The highest BCUT2D eigenvalue weighted by Crippen LogP contribution is 2.32. The predicted octanol–water partition coefficient (Wildman–Crippen LogP) is 7.04. The molecule has 0 heterocycles. The molecule has 116 valence electrons. The summed E-state index contributed by atoms with van der Waals surface area (Å²) >= 11 is 3.51. The molecule has 0 bridgehead atoms. The van der Waals surface area contributed by atoms with Crippen LogP contribution in [0, 0.1) is 6.92 Å². The summed E-state index contributed by atoms with van der Waals surface area (Å²) in [5.74, 6) is 0. The normalized spacial score (nSPS) is 10.7. The van der Waals surface area contributed by atoms with Crippen LogP contribution in [0.3, 0.4) is 0 Å². The molecule has 0 saturated heterocycles. The van der Waals surface area contributed by atoms with Gasteiger partial charge in [0.15, 0.2) is 0 Å². The van der Waals surface area contributed by atoms with Gasteiger partial charge in [0.25, 0.3) is 0 Å². The third-order valence-corrected chi connectivity index (χ3v) is 4.77. The SMILES string of the molecule is CCCc1ccc(-c2ccc(Br)cc2)cc1-c1ccccc1C. The molecule has 0 unspecified atom stereocenters. The molecular formula is C22H21Br. The van der Waals surface area contributed by atoms with Crippen LogP contribution in [0.25, 0.3) is 22.3 Å². The zero-order chi connectivity index (χ0) is 16.2. The molecule has 0 spiro atoms. The largest absolute Gasteiger partial charge is 0.0651 e. The Morgan fingerprint density at radius 3 is 2.17 bits per heavy atom. The molecule has 0 aliphatic heterocycles. The van der Waals surface area contributed by atoms with Gasteiger partial charge in [0.1, 0.15) is 0 Å². The van der Waals surface area contributed by atoms with Crippen LogP contribution in [0.5, 0.6) is 0 Å². The van der Waals surface area contributed by atoms with Gasteiger partial charge < -0.3 is 0 Å². The first-order chi connectivity index (χ1) is 11.2. The van der Waals surface area contributed by atoms with Gasteiger partial charge in [-0.25, -0.2) is 0 Å². The number of rotatable bonds is 4. The summed E-state index contributed by atoms with van der Waals surface area (Å²) in [5, 5.41) is 0. The van der Waals surface area contributed by atoms with Crippen LogP contribution in [0.2, 0.25) is 0 Å². The number of halogens is 1. The minimum Gasteiger partial charge on any atom is -0.0651 e. The van der Waals surface area contributed by atoms with Crippen molar-refractivity contribution in [2.45, 2.75) is 26.7 Å². The molecule has 0 saturated carbocycles. The fourth-order valence-corrected chi connectivity index (χ4v) is 3.28. The van der Waals surface area contributed by atoms with E-state index in [1.54, 1.807) is 0 Å². The second-order valence-electron chi connectivity index (χ2n) is 5.94. The third-order valence-electron chi connectivity index (χ3n) is 4.24. The zero-order valence-corrected chi connectivity index (χ0v) is 15.2. The second kappa shape index (κ2) is 7.14. The van der Waals surface area contributed by atoms with Gasteiger partial charge in [-0.05, 0) is 64.9 Å². The lowest BCUT2D eigenvalue weighted by atomic mass is 9.91. The molecule has 3 aromatic rings. The van der Waals surface area contributed by atoms with E-state index in [-0.39, 0.29) is 0 Å². The van der Waals surface area contributed by atoms with Crippen molar-refractivity contribution in [2.75, 3.05) is 0 Å². The Hall–Kier alpha value is -1.86. The number of hydrogen-bond donors (Lipinski definition) is 0. The van der Waals surface area contributed by atoms with Gasteiger partial charge in [-0.1, -0.05) is 77.8 Å². The zero-order valence-electron chi connectivity index (χ0n) is 13.6. The fourth-order valence-electron chi connectivity index (χ4n) is 3.01. The van der Waals surface area contributed by atoms with Crippen LogP contribution in [-0.2, 0) is 6.42 Å². The van der Waals surface area contributed by atoms with Crippen LogP contribution in [0.1, 0.15) is 24.5 Å². The Labute approximate surface area is 147 Å². The highest BCUT2D eigenvalue weighted by molar-refractivity contribution is 9.10. The van der Waals surface area contributed by atoms with Gasteiger partial charge in [-0.15, -0.1) is 0 Å². The second-order valence-corrected chi connectivity index (χ2v) is 6.86. The molecule has 0 aliphatic rings. The molecule has 0 fully saturated rings. The van der Waals surface area contributed by atoms with Crippen LogP contribution < -0.4 is 0 Å². The molecule has 0 aliphatic carbocycles. The Bertz CT molecular complexity index is 800. The number of aryl methyl sites for hydroxylation is 2. The summed E-state index contributed by atoms with van der Waals surface area (Å²) in [4.78, 5) is 0. The Morgan fingerprint density at radius 2 is 1.48 bits per heavy atom. The quantitative estimate of drug-likeness (QED) is 0.465. The molecule has 0 atom stereocenters. The van der Waals surface area contributed by atoms with E-state index in [1.807, 2.05) is 0 Å². The van der Waals surface area contributed by atoms with Crippen molar-refractivity contribution in [3.05, 3.63) is 82.3 Å². The van der Waals surface area contributed by atoms with Crippen molar-refractivity contribution in [3.8, 4) is 22.3 Å². The van der Waals surface area contributed by atoms with Crippen molar-refractivity contribution in [2.24, 2.45) is 0 Å². The Kier molecular flexibility index (Phi) is 4.97. The minimum absolute atomic E-state index is 1.11. The van der Waals surface area contributed by atoms with Crippen molar-refractivity contribution in [1.29, 1.82) is 0 Å². The maximum absolute atomic E-state index is 3.51. The molecule has 1 heteroatoms. The average molecular weight is 365 g/mol. The van der Waals surface area contributed by atoms with Crippen LogP contribution in [0.15, 0.2) is 71.2 Å². The van der Waals surface area contributed by atoms with Crippen LogP contribution >= 0.6 is 15.9 Å². The summed E-state index contributed by atoms with van der Waals surface area (Å²) in [5.41, 5.74) is 8.00. The van der Waals surface area contributed by atoms with Crippen LogP contribution in [0.4, 0.5) is 0 Å². The van der Waals surface area contributed by atoms with E-state index in [4.69, 9.17) is 0 Å². The molecule has 0 amide bonds. The first kappa shape index (κ1) is 16.0. The van der Waals surface area contributed by atoms with Gasteiger partial charge in [-0.3, -0.25) is 0 Å². The summed E-state index contributed by atoms with van der Waals surface area (Å²) < 4.78 is 1.11. The smallest absolute Gasteiger partial charge is 0.0175 e. The van der Waals surface area contributed by atoms with E-state index in [2.05, 4.69) is 96.5 Å². The number of hydrogen-bond acceptors (Lipinski definition) is 0. The van der Waals surface area contributed by atoms with E-state index in [9.17, 15) is 0 Å². The first-order valence-electron chi connectivity index (χ1n) is 8.14. The van der Waals surface area contributed by atoms with Crippen LogP contribution in [-0.4, -0.2) is 0 Å². The minimum atomic E-state index is 1.11. The maximum atomic E-state index is 3.51. The molecule has 3 rings (SSSR count). The molecule has 3 aromatic carbocycles. The fraction of sp³-hybridized carbons (Fsp3) is 0.182. The Balaban J connectivity index is 2.14. The van der Waals surface area contributed by atoms with Crippen molar-refractivity contribution in [1.82, 2.24) is 0 Å². The molecule has 23 heavy (non-hydrogen) atoms. The molecule has 0 nitrogen and oxygen atoms in total. The highest BCUT2D eigenvalue weighted by atomic mass is 79.9. The number of benzene rings is 3. The van der Waals surface area contributed by atoms with Gasteiger partial charge in [-0.2, -0.15) is 0 Å². The Morgan fingerprint density at radius 1 is 0.783 bits per heavy atom. The highest BCUT2D eigenvalue weighted by Gasteiger charge is 2.09. The maximum Gasteiger partial charge on any atom is 0.0175 e. The average Bonchev–Trinajstić information content (AvgIpc) is 2.57. The van der Waals surface area contributed by atoms with Gasteiger partial charge in [0, 0.05) is 4.47 Å². The van der Waals surface area contributed by atoms with Crippen molar-refractivity contribution < 1.29 is 0 Å². The lowest BCUT2D eigenvalue weighted by Crippen LogP contribution is -1.93. The summed E-state index contributed by atoms with van der Waals surface area (Å²) in [7, 11) is 0. The predicted molar refractivity (Wildman–Crippen MR) is 104 cm³/mol. The lowest BCUT2D eigenvalue weighted by Gasteiger charge is -2.14. The summed E-state index contributed by atoms with van der Waals surface area (Å²) in [6.07, 6.45) is 2.28. The van der Waals surface area contributed by atoms with Gasteiger partial charge in [0.2, 0.25) is 0 Å². The van der Waals surface area contributed by atoms with E-state index in [0.29, 0.717) is 0 Å². The third kappa shape index (κ3) is 3.56. The van der Waals surface area contributed by atoms with E-state index in [0.717, 1.165) is 17.3 Å². The summed E-state index contributed by atoms with van der Waals surface area (Å²) in [6.45, 7) is 4.43. The first-order valence-corrected chi connectivity index (χ1v) is 8.93. The molecule has 0 radical (unpaired) electrons. The summed E-state index contributed by atoms with van der Waals surface area (Å²) in [6, 6.07) is 24.1. The van der Waals surface area contributed by atoms with Crippen molar-refractivity contribution in [3.63, 3.8) is 0 Å². The van der Waals surface area contributed by atoms with E-state index >= 15 is 0 Å². The van der Waals surface area contributed by atoms with Gasteiger partial charge in [0.05, 0.1) is 0 Å².